The van der Waals surface area contributed by atoms with Crippen molar-refractivity contribution in [1.82, 2.24) is 20.5 Å². The number of aromatic hydroxyl groups is 1. The van der Waals surface area contributed by atoms with Crippen LogP contribution in [-0.4, -0.2) is 45.5 Å². The van der Waals surface area contributed by atoms with Crippen LogP contribution in [0.1, 0.15) is 25.7 Å². The topological polar surface area (TPSA) is 94.1 Å². The highest BCUT2D eigenvalue weighted by Crippen LogP contribution is 2.34. The fraction of sp³-hybridized carbons (Fsp3) is 0.348. The molecule has 0 spiro atoms. The Morgan fingerprint density at radius 3 is 2.65 bits per heavy atom. The van der Waals surface area contributed by atoms with Gasteiger partial charge in [-0.25, -0.2) is 4.39 Å². The van der Waals surface area contributed by atoms with E-state index < -0.39 is 5.82 Å². The Kier molecular flexibility index (Phi) is 5.15. The lowest BCUT2D eigenvalue weighted by molar-refractivity contribution is 0.311. The van der Waals surface area contributed by atoms with Crippen LogP contribution in [0.25, 0.3) is 22.4 Å². The number of hydrogen-bond donors (Lipinski definition) is 3. The van der Waals surface area contributed by atoms with Crippen LogP contribution in [0.3, 0.4) is 0 Å². The average molecular weight is 421 g/mol. The molecule has 1 aliphatic carbocycles. The van der Waals surface area contributed by atoms with E-state index in [1.54, 1.807) is 12.1 Å². The number of aromatic nitrogens is 3. The van der Waals surface area contributed by atoms with E-state index >= 15 is 0 Å². The molecule has 2 fully saturated rings. The van der Waals surface area contributed by atoms with Crippen LogP contribution in [0, 0.1) is 5.82 Å². The summed E-state index contributed by atoms with van der Waals surface area (Å²) < 4.78 is 14.8. The molecule has 7 nitrogen and oxygen atoms in total. The fourth-order valence-corrected chi connectivity index (χ4v) is 4.25. The number of anilines is 1. The maximum absolute atomic E-state index is 14.8. The Hall–Kier alpha value is -3.26. The molecule has 3 heterocycles. The van der Waals surface area contributed by atoms with E-state index in [2.05, 4.69) is 25.4 Å². The number of benzene rings is 1. The van der Waals surface area contributed by atoms with Gasteiger partial charge in [0, 0.05) is 48.6 Å². The fourth-order valence-electron chi connectivity index (χ4n) is 4.25. The third-order valence-corrected chi connectivity index (χ3v) is 6.19. The maximum Gasteiger partial charge on any atom is 0.248 e. The third-order valence-electron chi connectivity index (χ3n) is 6.19. The Labute approximate surface area is 179 Å². The number of nitrogens with one attached hydrogen (secondary N) is 2. The summed E-state index contributed by atoms with van der Waals surface area (Å²) in [5.74, 6) is 0.111. The first-order valence-electron chi connectivity index (χ1n) is 10.6. The summed E-state index contributed by atoms with van der Waals surface area (Å²) in [6.45, 7) is 1.82. The zero-order valence-electron chi connectivity index (χ0n) is 17.0. The van der Waals surface area contributed by atoms with Crippen LogP contribution in [0.2, 0.25) is 0 Å². The van der Waals surface area contributed by atoms with Crippen molar-refractivity contribution < 1.29 is 9.50 Å². The van der Waals surface area contributed by atoms with Crippen molar-refractivity contribution in [2.45, 2.75) is 37.8 Å². The first-order valence-corrected chi connectivity index (χ1v) is 10.6. The molecule has 0 bridgehead atoms. The van der Waals surface area contributed by atoms with Crippen LogP contribution in [-0.2, 0) is 0 Å². The minimum absolute atomic E-state index is 0.121. The molecule has 160 valence electrons. The highest BCUT2D eigenvalue weighted by atomic mass is 19.1. The molecule has 1 atom stereocenters. The summed E-state index contributed by atoms with van der Waals surface area (Å²) in [4.78, 5) is 16.2. The number of phenols is 1. The third kappa shape index (κ3) is 4.03. The second-order valence-electron chi connectivity index (χ2n) is 8.29. The second-order valence-corrected chi connectivity index (χ2v) is 8.29. The van der Waals surface area contributed by atoms with Crippen LogP contribution in [0.15, 0.2) is 47.4 Å². The number of aromatic amines is 1. The normalized spacial score (nSPS) is 18.9. The van der Waals surface area contributed by atoms with Crippen LogP contribution in [0.5, 0.6) is 5.75 Å². The lowest BCUT2D eigenvalue weighted by Gasteiger charge is -2.29. The molecule has 31 heavy (non-hydrogen) atoms. The Bertz CT molecular complexity index is 1140. The Balaban J connectivity index is 1.34. The van der Waals surface area contributed by atoms with E-state index in [1.165, 1.54) is 43.7 Å². The van der Waals surface area contributed by atoms with Crippen molar-refractivity contribution >= 4 is 5.82 Å². The Morgan fingerprint density at radius 1 is 1.06 bits per heavy atom. The first kappa shape index (κ1) is 19.7. The number of pyridine rings is 1. The van der Waals surface area contributed by atoms with E-state index in [0.717, 1.165) is 25.3 Å². The number of hydrogen-bond acceptors (Lipinski definition) is 6. The summed E-state index contributed by atoms with van der Waals surface area (Å²) in [7, 11) is 0. The number of halogens is 1. The number of nitrogens with zero attached hydrogens (tertiary/aromatic N) is 3. The Morgan fingerprint density at radius 2 is 1.94 bits per heavy atom. The van der Waals surface area contributed by atoms with Crippen molar-refractivity contribution in [2.24, 2.45) is 0 Å². The molecule has 2 aliphatic rings. The van der Waals surface area contributed by atoms with Crippen molar-refractivity contribution in [1.29, 1.82) is 0 Å². The molecule has 1 aromatic carbocycles. The first-order chi connectivity index (χ1) is 15.1. The minimum Gasteiger partial charge on any atom is -0.507 e. The molecule has 1 aliphatic heterocycles. The number of phenolic OH excluding ortho intramolecular Hbond substituents is 1. The SMILES string of the molecule is O=c1cc(-c2cc(O)c(-c3ccc(N4CC[C@H](NC5CCC5)C4)nn3)cc2F)cc[nH]1. The van der Waals surface area contributed by atoms with Crippen LogP contribution >= 0.6 is 0 Å². The predicted octanol–water partition coefficient (Wildman–Crippen LogP) is 3.06. The molecule has 3 N–H and O–H groups in total. The average Bonchev–Trinajstić information content (AvgIpc) is 3.21. The molecule has 1 saturated carbocycles. The molecule has 3 aromatic rings. The summed E-state index contributed by atoms with van der Waals surface area (Å²) in [5, 5.41) is 22.7. The molecule has 8 heteroatoms. The van der Waals surface area contributed by atoms with Gasteiger partial charge in [-0.3, -0.25) is 4.79 Å². The predicted molar refractivity (Wildman–Crippen MR) is 117 cm³/mol. The summed E-state index contributed by atoms with van der Waals surface area (Å²) in [5.41, 5.74) is 0.855. The largest absolute Gasteiger partial charge is 0.507 e. The van der Waals surface area contributed by atoms with Gasteiger partial charge >= 0.3 is 0 Å². The molecule has 1 saturated heterocycles. The molecule has 0 amide bonds. The number of rotatable bonds is 5. The molecule has 0 unspecified atom stereocenters. The minimum atomic E-state index is -0.547. The lowest BCUT2D eigenvalue weighted by Crippen LogP contribution is -2.43. The van der Waals surface area contributed by atoms with Gasteiger partial charge in [-0.1, -0.05) is 6.42 Å². The highest BCUT2D eigenvalue weighted by molar-refractivity contribution is 5.74. The van der Waals surface area contributed by atoms with Crippen molar-refractivity contribution in [3.05, 3.63) is 58.8 Å². The van der Waals surface area contributed by atoms with Gasteiger partial charge < -0.3 is 20.3 Å². The molecule has 0 radical (unpaired) electrons. The van der Waals surface area contributed by atoms with Gasteiger partial charge in [0.1, 0.15) is 11.6 Å². The number of H-pyrrole nitrogens is 1. The van der Waals surface area contributed by atoms with E-state index in [1.807, 2.05) is 6.07 Å². The maximum atomic E-state index is 14.8. The standard InChI is InChI=1S/C23H24FN5O2/c24-19-11-18(21(30)12-17(19)14-6-8-25-23(31)10-14)20-4-5-22(28-27-20)29-9-7-16(13-29)26-15-2-1-3-15/h4-6,8,10-12,15-16,26,30H,1-3,7,9,13H2,(H,25,31)/t16-/m0/s1. The summed E-state index contributed by atoms with van der Waals surface area (Å²) >= 11 is 0. The summed E-state index contributed by atoms with van der Waals surface area (Å²) in [6, 6.07) is 10.1. The molecular weight excluding hydrogens is 397 g/mol. The van der Waals surface area contributed by atoms with Gasteiger partial charge in [0.2, 0.25) is 5.56 Å². The van der Waals surface area contributed by atoms with Gasteiger partial charge in [0.15, 0.2) is 5.82 Å². The van der Waals surface area contributed by atoms with E-state index in [9.17, 15) is 14.3 Å². The van der Waals surface area contributed by atoms with Gasteiger partial charge in [-0.2, -0.15) is 0 Å². The van der Waals surface area contributed by atoms with Gasteiger partial charge in [0.25, 0.3) is 0 Å². The van der Waals surface area contributed by atoms with E-state index in [0.29, 0.717) is 23.3 Å². The molecular formula is C23H24FN5O2. The zero-order valence-corrected chi connectivity index (χ0v) is 17.0. The zero-order chi connectivity index (χ0) is 21.4. The molecule has 2 aromatic heterocycles. The monoisotopic (exact) mass is 421 g/mol. The lowest BCUT2D eigenvalue weighted by atomic mass is 9.92. The highest BCUT2D eigenvalue weighted by Gasteiger charge is 2.28. The van der Waals surface area contributed by atoms with Gasteiger partial charge in [0.05, 0.1) is 5.69 Å². The van der Waals surface area contributed by atoms with Crippen LogP contribution in [0.4, 0.5) is 10.2 Å². The summed E-state index contributed by atoms with van der Waals surface area (Å²) in [6.07, 6.45) is 6.38. The quantitative estimate of drug-likeness (QED) is 0.586. The van der Waals surface area contributed by atoms with Gasteiger partial charge in [-0.15, -0.1) is 10.2 Å². The van der Waals surface area contributed by atoms with Crippen LogP contribution < -0.4 is 15.8 Å². The van der Waals surface area contributed by atoms with Crippen molar-refractivity contribution in [2.75, 3.05) is 18.0 Å². The van der Waals surface area contributed by atoms with Gasteiger partial charge in [-0.05, 0) is 55.2 Å². The van der Waals surface area contributed by atoms with Crippen molar-refractivity contribution in [3.8, 4) is 28.1 Å². The van der Waals surface area contributed by atoms with E-state index in [-0.39, 0.29) is 22.4 Å². The van der Waals surface area contributed by atoms with Crippen molar-refractivity contribution in [3.63, 3.8) is 0 Å². The smallest absolute Gasteiger partial charge is 0.248 e. The van der Waals surface area contributed by atoms with E-state index in [4.69, 9.17) is 0 Å². The molecule has 5 rings (SSSR count). The second kappa shape index (κ2) is 8.11.